The summed E-state index contributed by atoms with van der Waals surface area (Å²) in [6.07, 6.45) is 0. The van der Waals surface area contributed by atoms with Crippen molar-refractivity contribution in [3.05, 3.63) is 100 Å². The maximum atomic E-state index is 12.7. The summed E-state index contributed by atoms with van der Waals surface area (Å²) < 4.78 is 7.27. The average molecular weight is 423 g/mol. The van der Waals surface area contributed by atoms with E-state index in [1.165, 1.54) is 12.1 Å². The van der Waals surface area contributed by atoms with Crippen molar-refractivity contribution in [2.45, 2.75) is 6.92 Å². The number of carbonyl (C=O) groups excluding carboxylic acids is 1. The minimum Gasteiger partial charge on any atom is -0.404 e. The third-order valence-electron chi connectivity index (χ3n) is 4.37. The molecule has 29 heavy (non-hydrogen) atoms. The molecule has 0 saturated heterocycles. The lowest BCUT2D eigenvalue weighted by atomic mass is 10.2. The van der Waals surface area contributed by atoms with Crippen LogP contribution in [0.1, 0.15) is 15.9 Å². The summed E-state index contributed by atoms with van der Waals surface area (Å²) in [6, 6.07) is 23.8. The number of halogens is 2. The van der Waals surface area contributed by atoms with Crippen molar-refractivity contribution in [2.24, 2.45) is 0 Å². The first kappa shape index (κ1) is 19.2. The SMILES string of the molecule is Cc1ccc(-n2nc(-c3ccccc3)cc2OC(=O)c2ccc(Cl)cc2Cl)cc1. The molecule has 0 saturated carbocycles. The van der Waals surface area contributed by atoms with Crippen molar-refractivity contribution < 1.29 is 9.53 Å². The molecular weight excluding hydrogens is 407 g/mol. The Bertz CT molecular complexity index is 1170. The Kier molecular flexibility index (Phi) is 5.38. The van der Waals surface area contributed by atoms with Crippen molar-refractivity contribution in [1.29, 1.82) is 0 Å². The van der Waals surface area contributed by atoms with Gasteiger partial charge in [0.25, 0.3) is 0 Å². The van der Waals surface area contributed by atoms with Gasteiger partial charge in [0.15, 0.2) is 0 Å². The van der Waals surface area contributed by atoms with E-state index in [0.29, 0.717) is 16.6 Å². The Morgan fingerprint density at radius 1 is 0.931 bits per heavy atom. The zero-order chi connectivity index (χ0) is 20.4. The first-order valence-electron chi connectivity index (χ1n) is 8.91. The number of benzene rings is 3. The summed E-state index contributed by atoms with van der Waals surface area (Å²) in [5.74, 6) is -0.289. The lowest BCUT2D eigenvalue weighted by molar-refractivity contribution is 0.0723. The van der Waals surface area contributed by atoms with E-state index >= 15 is 0 Å². The Balaban J connectivity index is 1.75. The maximum Gasteiger partial charge on any atom is 0.346 e. The lowest BCUT2D eigenvalue weighted by Gasteiger charge is -2.09. The molecule has 1 aromatic heterocycles. The third-order valence-corrected chi connectivity index (χ3v) is 4.92. The van der Waals surface area contributed by atoms with E-state index in [4.69, 9.17) is 27.9 Å². The summed E-state index contributed by atoms with van der Waals surface area (Å²) in [5, 5.41) is 5.32. The van der Waals surface area contributed by atoms with Gasteiger partial charge < -0.3 is 4.74 Å². The van der Waals surface area contributed by atoms with Crippen LogP contribution in [-0.2, 0) is 0 Å². The fourth-order valence-electron chi connectivity index (χ4n) is 2.86. The number of nitrogens with zero attached hydrogens (tertiary/aromatic N) is 2. The highest BCUT2D eigenvalue weighted by Crippen LogP contribution is 2.28. The van der Waals surface area contributed by atoms with Crippen LogP contribution in [-0.4, -0.2) is 15.7 Å². The van der Waals surface area contributed by atoms with E-state index in [-0.39, 0.29) is 10.6 Å². The van der Waals surface area contributed by atoms with E-state index in [1.807, 2.05) is 61.5 Å². The molecule has 4 rings (SSSR count). The molecule has 0 bridgehead atoms. The van der Waals surface area contributed by atoms with Crippen LogP contribution in [0.5, 0.6) is 5.88 Å². The van der Waals surface area contributed by atoms with Crippen LogP contribution in [0, 0.1) is 6.92 Å². The van der Waals surface area contributed by atoms with Gasteiger partial charge in [-0.3, -0.25) is 0 Å². The molecule has 144 valence electrons. The molecule has 0 unspecified atom stereocenters. The molecule has 6 heteroatoms. The minimum atomic E-state index is -0.584. The number of ether oxygens (including phenoxy) is 1. The second-order valence-corrected chi connectivity index (χ2v) is 7.34. The summed E-state index contributed by atoms with van der Waals surface area (Å²) in [5.41, 5.74) is 3.74. The highest BCUT2D eigenvalue weighted by atomic mass is 35.5. The van der Waals surface area contributed by atoms with E-state index in [1.54, 1.807) is 16.8 Å². The van der Waals surface area contributed by atoms with Crippen LogP contribution in [0.15, 0.2) is 78.9 Å². The predicted molar refractivity (Wildman–Crippen MR) is 115 cm³/mol. The van der Waals surface area contributed by atoms with Crippen LogP contribution >= 0.6 is 23.2 Å². The van der Waals surface area contributed by atoms with Crippen molar-refractivity contribution in [2.75, 3.05) is 0 Å². The normalized spacial score (nSPS) is 10.7. The third kappa shape index (κ3) is 4.19. The molecule has 0 aliphatic rings. The number of carbonyl (C=O) groups is 1. The summed E-state index contributed by atoms with van der Waals surface area (Å²) in [4.78, 5) is 12.7. The molecule has 3 aromatic carbocycles. The quantitative estimate of drug-likeness (QED) is 0.358. The fraction of sp³-hybridized carbons (Fsp3) is 0.0435. The molecule has 0 aliphatic carbocycles. The Hall–Kier alpha value is -3.08. The topological polar surface area (TPSA) is 44.1 Å². The largest absolute Gasteiger partial charge is 0.404 e. The smallest absolute Gasteiger partial charge is 0.346 e. The summed E-state index contributed by atoms with van der Waals surface area (Å²) in [6.45, 7) is 2.01. The number of hydrogen-bond donors (Lipinski definition) is 0. The standard InChI is InChI=1S/C23H16Cl2N2O2/c1-15-7-10-18(11-8-15)27-22(14-21(26-27)16-5-3-2-4-6-16)29-23(28)19-12-9-17(24)13-20(19)25/h2-14H,1H3. The number of esters is 1. The van der Waals surface area contributed by atoms with Gasteiger partial charge in [-0.1, -0.05) is 71.2 Å². The Morgan fingerprint density at radius 3 is 2.34 bits per heavy atom. The maximum absolute atomic E-state index is 12.7. The predicted octanol–water partition coefficient (Wildman–Crippen LogP) is 6.37. The lowest BCUT2D eigenvalue weighted by Crippen LogP contribution is -2.12. The number of aromatic nitrogens is 2. The molecule has 0 spiro atoms. The van der Waals surface area contributed by atoms with E-state index < -0.39 is 5.97 Å². The van der Waals surface area contributed by atoms with Gasteiger partial charge >= 0.3 is 5.97 Å². The van der Waals surface area contributed by atoms with Crippen LogP contribution < -0.4 is 4.74 Å². The molecule has 0 atom stereocenters. The van der Waals surface area contributed by atoms with E-state index in [0.717, 1.165) is 16.8 Å². The van der Waals surface area contributed by atoms with Gasteiger partial charge in [0.05, 0.1) is 22.0 Å². The first-order valence-corrected chi connectivity index (χ1v) is 9.66. The van der Waals surface area contributed by atoms with Crippen LogP contribution in [0.3, 0.4) is 0 Å². The van der Waals surface area contributed by atoms with E-state index in [2.05, 4.69) is 5.10 Å². The van der Waals surface area contributed by atoms with Crippen molar-refractivity contribution in [3.63, 3.8) is 0 Å². The molecule has 0 radical (unpaired) electrons. The minimum absolute atomic E-state index is 0.229. The second kappa shape index (κ2) is 8.11. The zero-order valence-corrected chi connectivity index (χ0v) is 17.0. The zero-order valence-electron chi connectivity index (χ0n) is 15.5. The number of aryl methyl sites for hydroxylation is 1. The Morgan fingerprint density at radius 2 is 1.66 bits per heavy atom. The molecule has 1 heterocycles. The average Bonchev–Trinajstić information content (AvgIpc) is 3.13. The fourth-order valence-corrected chi connectivity index (χ4v) is 3.35. The second-order valence-electron chi connectivity index (χ2n) is 6.49. The molecule has 4 aromatic rings. The highest BCUT2D eigenvalue weighted by molar-refractivity contribution is 6.36. The van der Waals surface area contributed by atoms with Gasteiger partial charge in [0.2, 0.25) is 5.88 Å². The first-order chi connectivity index (χ1) is 14.0. The van der Waals surface area contributed by atoms with Gasteiger partial charge in [0.1, 0.15) is 0 Å². The molecule has 4 nitrogen and oxygen atoms in total. The van der Waals surface area contributed by atoms with Crippen LogP contribution in [0.2, 0.25) is 10.0 Å². The van der Waals surface area contributed by atoms with Gasteiger partial charge in [-0.05, 0) is 37.3 Å². The number of hydrogen-bond acceptors (Lipinski definition) is 3. The molecule has 0 N–H and O–H groups in total. The monoisotopic (exact) mass is 422 g/mol. The molecule has 0 fully saturated rings. The van der Waals surface area contributed by atoms with Crippen molar-refractivity contribution in [3.8, 4) is 22.8 Å². The van der Waals surface area contributed by atoms with Crippen molar-refractivity contribution in [1.82, 2.24) is 9.78 Å². The van der Waals surface area contributed by atoms with Gasteiger partial charge in [-0.25, -0.2) is 9.48 Å². The molecule has 0 amide bonds. The van der Waals surface area contributed by atoms with Crippen molar-refractivity contribution >= 4 is 29.2 Å². The van der Waals surface area contributed by atoms with Gasteiger partial charge in [-0.15, -0.1) is 0 Å². The molecule has 0 aliphatic heterocycles. The Labute approximate surface area is 178 Å². The molecular formula is C23H16Cl2N2O2. The number of rotatable bonds is 4. The van der Waals surface area contributed by atoms with E-state index in [9.17, 15) is 4.79 Å². The van der Waals surface area contributed by atoms with Gasteiger partial charge in [-0.2, -0.15) is 5.10 Å². The summed E-state index contributed by atoms with van der Waals surface area (Å²) >= 11 is 12.1. The van der Waals surface area contributed by atoms with Gasteiger partial charge in [0, 0.05) is 16.7 Å². The van der Waals surface area contributed by atoms with Crippen LogP contribution in [0.25, 0.3) is 16.9 Å². The summed E-state index contributed by atoms with van der Waals surface area (Å²) in [7, 11) is 0. The van der Waals surface area contributed by atoms with Crippen LogP contribution in [0.4, 0.5) is 0 Å². The highest BCUT2D eigenvalue weighted by Gasteiger charge is 2.19.